The minimum absolute atomic E-state index is 0.0295. The van der Waals surface area contributed by atoms with E-state index in [-0.39, 0.29) is 30.0 Å². The lowest BCUT2D eigenvalue weighted by molar-refractivity contribution is -0.144. The number of nitrogens with one attached hydrogen (secondary N) is 1. The smallest absolute Gasteiger partial charge is 0.474 e. The second-order valence-electron chi connectivity index (χ2n) is 7.94. The van der Waals surface area contributed by atoms with E-state index < -0.39 is 29.1 Å². The van der Waals surface area contributed by atoms with Gasteiger partial charge in [-0.3, -0.25) is 0 Å². The van der Waals surface area contributed by atoms with Crippen LogP contribution in [0, 0.1) is 5.82 Å². The SMILES string of the molecule is COC(=O)C(C)(C)Nc1cc(F)c2ncnc(OCCOC(=O)OC(C)(C)C)c2c1. The van der Waals surface area contributed by atoms with Crippen LogP contribution in [0.3, 0.4) is 0 Å². The number of hydrogen-bond acceptors (Lipinski definition) is 9. The molecule has 2 rings (SSSR count). The number of anilines is 1. The molecule has 2 aromatic rings. The third-order valence-corrected chi connectivity index (χ3v) is 3.74. The molecule has 0 amide bonds. The van der Waals surface area contributed by atoms with E-state index in [0.717, 1.165) is 0 Å². The Bertz CT molecular complexity index is 927. The fourth-order valence-electron chi connectivity index (χ4n) is 2.50. The summed E-state index contributed by atoms with van der Waals surface area (Å²) >= 11 is 0. The van der Waals surface area contributed by atoms with E-state index in [2.05, 4.69) is 15.3 Å². The predicted molar refractivity (Wildman–Crippen MR) is 107 cm³/mol. The second-order valence-corrected chi connectivity index (χ2v) is 7.94. The molecule has 1 heterocycles. The highest BCUT2D eigenvalue weighted by atomic mass is 19.1. The molecular formula is C20H26FN3O6. The third-order valence-electron chi connectivity index (χ3n) is 3.74. The van der Waals surface area contributed by atoms with Crippen molar-refractivity contribution in [2.24, 2.45) is 0 Å². The molecule has 0 radical (unpaired) electrons. The summed E-state index contributed by atoms with van der Waals surface area (Å²) in [5.74, 6) is -1.03. The van der Waals surface area contributed by atoms with E-state index in [1.807, 2.05) is 0 Å². The first-order valence-electron chi connectivity index (χ1n) is 9.22. The molecule has 1 N–H and O–H groups in total. The van der Waals surface area contributed by atoms with Gasteiger partial charge in [0.15, 0.2) is 5.82 Å². The molecule has 1 aromatic heterocycles. The van der Waals surface area contributed by atoms with Crippen LogP contribution in [0.4, 0.5) is 14.9 Å². The number of nitrogens with zero attached hydrogens (tertiary/aromatic N) is 2. The van der Waals surface area contributed by atoms with E-state index in [4.69, 9.17) is 18.9 Å². The Labute approximate surface area is 173 Å². The maximum atomic E-state index is 14.5. The highest BCUT2D eigenvalue weighted by Gasteiger charge is 2.29. The van der Waals surface area contributed by atoms with Crippen molar-refractivity contribution < 1.29 is 32.9 Å². The maximum absolute atomic E-state index is 14.5. The highest BCUT2D eigenvalue weighted by molar-refractivity contribution is 5.89. The third kappa shape index (κ3) is 6.16. The minimum atomic E-state index is -1.09. The molecule has 9 nitrogen and oxygen atoms in total. The predicted octanol–water partition coefficient (Wildman–Crippen LogP) is 3.46. The standard InChI is InChI=1S/C20H26FN3O6/c1-19(2,3)30-18(26)29-8-7-28-16-13-9-12(24-20(4,5)17(25)27-6)10-14(21)15(13)22-11-23-16/h9-11,24H,7-8H2,1-6H3. The molecule has 164 valence electrons. The van der Waals surface area contributed by atoms with Crippen LogP contribution in [0.15, 0.2) is 18.5 Å². The van der Waals surface area contributed by atoms with Crippen LogP contribution in [-0.4, -0.2) is 53.6 Å². The van der Waals surface area contributed by atoms with Gasteiger partial charge in [0.05, 0.1) is 12.5 Å². The zero-order valence-electron chi connectivity index (χ0n) is 17.9. The molecule has 0 unspecified atom stereocenters. The van der Waals surface area contributed by atoms with Crippen molar-refractivity contribution in [1.82, 2.24) is 9.97 Å². The Balaban J connectivity index is 2.14. The van der Waals surface area contributed by atoms with Gasteiger partial charge in [0, 0.05) is 5.69 Å². The van der Waals surface area contributed by atoms with Gasteiger partial charge in [-0.2, -0.15) is 0 Å². The summed E-state index contributed by atoms with van der Waals surface area (Å²) in [7, 11) is 1.27. The number of aromatic nitrogens is 2. The van der Waals surface area contributed by atoms with Gasteiger partial charge in [0.1, 0.15) is 36.2 Å². The number of esters is 1. The lowest BCUT2D eigenvalue weighted by atomic mass is 10.0. The lowest BCUT2D eigenvalue weighted by Crippen LogP contribution is -2.41. The van der Waals surface area contributed by atoms with Crippen LogP contribution in [0.1, 0.15) is 34.6 Å². The molecular weight excluding hydrogens is 397 g/mol. The number of ether oxygens (including phenoxy) is 4. The molecule has 0 aliphatic carbocycles. The molecule has 0 atom stereocenters. The molecule has 0 saturated carbocycles. The number of rotatable bonds is 7. The summed E-state index contributed by atoms with van der Waals surface area (Å²) in [5, 5.41) is 3.21. The van der Waals surface area contributed by atoms with Gasteiger partial charge in [-0.1, -0.05) is 0 Å². The molecule has 0 bridgehead atoms. The Morgan fingerprint density at radius 1 is 1.10 bits per heavy atom. The van der Waals surface area contributed by atoms with Crippen molar-refractivity contribution >= 4 is 28.7 Å². The highest BCUT2D eigenvalue weighted by Crippen LogP contribution is 2.29. The first kappa shape index (κ1) is 23.1. The van der Waals surface area contributed by atoms with Crippen molar-refractivity contribution in [3.63, 3.8) is 0 Å². The van der Waals surface area contributed by atoms with Crippen molar-refractivity contribution in [3.8, 4) is 5.88 Å². The number of carbonyl (C=O) groups excluding carboxylic acids is 2. The van der Waals surface area contributed by atoms with Crippen molar-refractivity contribution in [3.05, 3.63) is 24.3 Å². The summed E-state index contributed by atoms with van der Waals surface area (Å²) in [6, 6.07) is 2.78. The quantitative estimate of drug-likeness (QED) is 0.529. The van der Waals surface area contributed by atoms with Gasteiger partial charge in [-0.05, 0) is 46.8 Å². The van der Waals surface area contributed by atoms with Gasteiger partial charge >= 0.3 is 12.1 Å². The van der Waals surface area contributed by atoms with Gasteiger partial charge in [0.25, 0.3) is 0 Å². The summed E-state index contributed by atoms with van der Waals surface area (Å²) in [6.07, 6.45) is 0.349. The number of methoxy groups -OCH3 is 1. The fraction of sp³-hybridized carbons (Fsp3) is 0.500. The number of carbonyl (C=O) groups is 2. The molecule has 0 spiro atoms. The fourth-order valence-corrected chi connectivity index (χ4v) is 2.50. The van der Waals surface area contributed by atoms with E-state index in [0.29, 0.717) is 5.69 Å². The zero-order chi connectivity index (χ0) is 22.5. The van der Waals surface area contributed by atoms with Crippen molar-refractivity contribution in [2.45, 2.75) is 45.8 Å². The number of benzene rings is 1. The number of hydrogen-bond donors (Lipinski definition) is 1. The van der Waals surface area contributed by atoms with Gasteiger partial charge in [0.2, 0.25) is 5.88 Å². The number of fused-ring (bicyclic) bond motifs is 1. The van der Waals surface area contributed by atoms with E-state index in [1.165, 1.54) is 19.5 Å². The largest absolute Gasteiger partial charge is 0.508 e. The zero-order valence-corrected chi connectivity index (χ0v) is 17.9. The van der Waals surface area contributed by atoms with E-state index >= 15 is 0 Å². The summed E-state index contributed by atoms with van der Waals surface area (Å²) < 4.78 is 34.8. The van der Waals surface area contributed by atoms with Crippen LogP contribution in [0.25, 0.3) is 10.9 Å². The van der Waals surface area contributed by atoms with Gasteiger partial charge in [-0.15, -0.1) is 0 Å². The summed E-state index contributed by atoms with van der Waals surface area (Å²) in [5.41, 5.74) is -1.39. The molecule has 30 heavy (non-hydrogen) atoms. The molecule has 10 heteroatoms. The molecule has 0 fully saturated rings. The molecule has 0 aliphatic rings. The average Bonchev–Trinajstić information content (AvgIpc) is 2.63. The molecule has 0 aliphatic heterocycles. The van der Waals surface area contributed by atoms with Crippen molar-refractivity contribution in [1.29, 1.82) is 0 Å². The van der Waals surface area contributed by atoms with Crippen LogP contribution in [0.2, 0.25) is 0 Å². The van der Waals surface area contributed by atoms with Gasteiger partial charge in [-0.25, -0.2) is 23.9 Å². The first-order chi connectivity index (χ1) is 13.9. The molecule has 1 aromatic carbocycles. The summed E-state index contributed by atoms with van der Waals surface area (Å²) in [4.78, 5) is 31.4. The molecule has 0 saturated heterocycles. The lowest BCUT2D eigenvalue weighted by Gasteiger charge is -2.24. The minimum Gasteiger partial charge on any atom is -0.474 e. The average molecular weight is 423 g/mol. The Morgan fingerprint density at radius 2 is 1.80 bits per heavy atom. The van der Waals surface area contributed by atoms with Gasteiger partial charge < -0.3 is 24.3 Å². The van der Waals surface area contributed by atoms with E-state index in [9.17, 15) is 14.0 Å². The number of halogens is 1. The normalized spacial score (nSPS) is 11.7. The Hall–Kier alpha value is -3.17. The monoisotopic (exact) mass is 423 g/mol. The second kappa shape index (κ2) is 9.10. The van der Waals surface area contributed by atoms with Crippen molar-refractivity contribution in [2.75, 3.05) is 25.6 Å². The van der Waals surface area contributed by atoms with Crippen LogP contribution in [0.5, 0.6) is 5.88 Å². The topological polar surface area (TPSA) is 109 Å². The first-order valence-corrected chi connectivity index (χ1v) is 9.22. The Kier molecular flexibility index (Phi) is 7.01. The Morgan fingerprint density at radius 3 is 2.43 bits per heavy atom. The van der Waals surface area contributed by atoms with Crippen LogP contribution in [-0.2, 0) is 19.0 Å². The van der Waals surface area contributed by atoms with Crippen LogP contribution >= 0.6 is 0 Å². The maximum Gasteiger partial charge on any atom is 0.508 e. The summed E-state index contributed by atoms with van der Waals surface area (Å²) in [6.45, 7) is 8.26. The van der Waals surface area contributed by atoms with E-state index in [1.54, 1.807) is 40.7 Å². The van der Waals surface area contributed by atoms with Crippen LogP contribution < -0.4 is 10.1 Å².